The van der Waals surface area contributed by atoms with Crippen molar-refractivity contribution in [3.63, 3.8) is 0 Å². The van der Waals surface area contributed by atoms with Crippen LogP contribution in [0.4, 0.5) is 4.39 Å². The zero-order chi connectivity index (χ0) is 14.4. The highest BCUT2D eigenvalue weighted by Gasteiger charge is 2.08. The fourth-order valence-electron chi connectivity index (χ4n) is 2.08. The van der Waals surface area contributed by atoms with E-state index in [-0.39, 0.29) is 6.67 Å². The van der Waals surface area contributed by atoms with Gasteiger partial charge in [0.05, 0.1) is 17.9 Å². The molecule has 0 spiro atoms. The molecule has 0 aromatic carbocycles. The number of halogens is 1. The summed E-state index contributed by atoms with van der Waals surface area (Å²) in [4.78, 5) is 0. The first-order chi connectivity index (χ1) is 9.74. The Morgan fingerprint density at radius 2 is 2.20 bits per heavy atom. The molecule has 20 heavy (non-hydrogen) atoms. The van der Waals surface area contributed by atoms with Crippen LogP contribution in [0.3, 0.4) is 0 Å². The molecule has 2 aromatic heterocycles. The second-order valence-electron chi connectivity index (χ2n) is 4.89. The molecule has 0 radical (unpaired) electrons. The highest BCUT2D eigenvalue weighted by atomic mass is 19.1. The van der Waals surface area contributed by atoms with Crippen molar-refractivity contribution in [2.45, 2.75) is 45.9 Å². The molecule has 0 fully saturated rings. The maximum Gasteiger partial charge on any atom is 0.109 e. The third kappa shape index (κ3) is 3.66. The minimum absolute atomic E-state index is 0.320. The molecule has 0 aliphatic rings. The molecular formula is C14H22FN5. The minimum atomic E-state index is -0.386. The molecule has 1 atom stereocenters. The predicted octanol–water partition coefficient (Wildman–Crippen LogP) is 2.31. The van der Waals surface area contributed by atoms with Crippen molar-refractivity contribution in [3.05, 3.63) is 35.9 Å². The van der Waals surface area contributed by atoms with Crippen LogP contribution in [0.5, 0.6) is 0 Å². The van der Waals surface area contributed by atoms with E-state index in [1.165, 1.54) is 5.69 Å². The van der Waals surface area contributed by atoms with Gasteiger partial charge in [-0.05, 0) is 25.5 Å². The number of hydrogen-bond donors (Lipinski definition) is 1. The van der Waals surface area contributed by atoms with E-state index in [0.717, 1.165) is 18.7 Å². The average molecular weight is 279 g/mol. The minimum Gasteiger partial charge on any atom is -0.305 e. The van der Waals surface area contributed by atoms with Gasteiger partial charge in [0, 0.05) is 31.5 Å². The van der Waals surface area contributed by atoms with Crippen molar-refractivity contribution in [1.29, 1.82) is 0 Å². The fraction of sp³-hybridized carbons (Fsp3) is 0.571. The molecule has 0 aliphatic heterocycles. The number of aryl methyl sites for hydroxylation is 1. The molecule has 0 saturated heterocycles. The highest BCUT2D eigenvalue weighted by molar-refractivity contribution is 5.03. The monoisotopic (exact) mass is 279 g/mol. The molecule has 0 amide bonds. The van der Waals surface area contributed by atoms with Gasteiger partial charge in [0.1, 0.15) is 6.67 Å². The molecule has 2 heterocycles. The third-order valence-corrected chi connectivity index (χ3v) is 3.38. The largest absolute Gasteiger partial charge is 0.305 e. The van der Waals surface area contributed by atoms with Gasteiger partial charge in [-0.2, -0.15) is 10.2 Å². The first-order valence-corrected chi connectivity index (χ1v) is 7.06. The summed E-state index contributed by atoms with van der Waals surface area (Å²) in [6.07, 6.45) is 4.70. The van der Waals surface area contributed by atoms with Crippen molar-refractivity contribution in [2.24, 2.45) is 0 Å². The van der Waals surface area contributed by atoms with E-state index >= 15 is 0 Å². The van der Waals surface area contributed by atoms with Crippen molar-refractivity contribution in [3.8, 4) is 0 Å². The van der Waals surface area contributed by atoms with Gasteiger partial charge in [-0.3, -0.25) is 9.36 Å². The van der Waals surface area contributed by atoms with Crippen molar-refractivity contribution >= 4 is 0 Å². The van der Waals surface area contributed by atoms with E-state index in [0.29, 0.717) is 19.1 Å². The Bertz CT molecular complexity index is 519. The Balaban J connectivity index is 1.84. The average Bonchev–Trinajstić information content (AvgIpc) is 3.08. The number of hydrogen-bond acceptors (Lipinski definition) is 3. The molecule has 2 aromatic rings. The lowest BCUT2D eigenvalue weighted by Crippen LogP contribution is -2.18. The smallest absolute Gasteiger partial charge is 0.109 e. The van der Waals surface area contributed by atoms with Crippen LogP contribution >= 0.6 is 0 Å². The lowest BCUT2D eigenvalue weighted by molar-refractivity contribution is 0.424. The lowest BCUT2D eigenvalue weighted by atomic mass is 10.2. The van der Waals surface area contributed by atoms with Gasteiger partial charge in [-0.15, -0.1) is 0 Å². The van der Waals surface area contributed by atoms with Gasteiger partial charge in [0.2, 0.25) is 0 Å². The second kappa shape index (κ2) is 7.19. The Hall–Kier alpha value is -1.69. The number of alkyl halides is 1. The van der Waals surface area contributed by atoms with Crippen molar-refractivity contribution < 1.29 is 4.39 Å². The number of aromatic nitrogens is 4. The zero-order valence-corrected chi connectivity index (χ0v) is 12.1. The van der Waals surface area contributed by atoms with E-state index in [1.54, 1.807) is 10.9 Å². The van der Waals surface area contributed by atoms with Crippen LogP contribution in [0.1, 0.15) is 37.7 Å². The van der Waals surface area contributed by atoms with Crippen LogP contribution in [0.15, 0.2) is 24.5 Å². The Morgan fingerprint density at radius 3 is 2.95 bits per heavy atom. The molecule has 0 unspecified atom stereocenters. The highest BCUT2D eigenvalue weighted by Crippen LogP contribution is 2.12. The summed E-state index contributed by atoms with van der Waals surface area (Å²) < 4.78 is 15.9. The molecular weight excluding hydrogens is 257 g/mol. The second-order valence-corrected chi connectivity index (χ2v) is 4.89. The molecule has 0 bridgehead atoms. The summed E-state index contributed by atoms with van der Waals surface area (Å²) in [5, 5.41) is 12.0. The Labute approximate surface area is 118 Å². The van der Waals surface area contributed by atoms with Crippen LogP contribution < -0.4 is 5.32 Å². The number of nitrogens with one attached hydrogen (secondary N) is 1. The summed E-state index contributed by atoms with van der Waals surface area (Å²) >= 11 is 0. The van der Waals surface area contributed by atoms with Crippen LogP contribution in [-0.4, -0.2) is 26.2 Å². The summed E-state index contributed by atoms with van der Waals surface area (Å²) in [5.41, 5.74) is 2.09. The molecule has 2 rings (SSSR count). The molecule has 110 valence electrons. The van der Waals surface area contributed by atoms with Gasteiger partial charge in [0.25, 0.3) is 0 Å². The summed E-state index contributed by atoms with van der Waals surface area (Å²) in [5.74, 6) is 0. The van der Waals surface area contributed by atoms with Gasteiger partial charge >= 0.3 is 0 Å². The zero-order valence-electron chi connectivity index (χ0n) is 12.1. The summed E-state index contributed by atoms with van der Waals surface area (Å²) in [6.45, 7) is 5.67. The number of rotatable bonds is 8. The fourth-order valence-corrected chi connectivity index (χ4v) is 2.08. The van der Waals surface area contributed by atoms with Gasteiger partial charge in [-0.1, -0.05) is 6.92 Å². The van der Waals surface area contributed by atoms with Crippen molar-refractivity contribution in [1.82, 2.24) is 24.9 Å². The molecule has 6 heteroatoms. The molecule has 0 aliphatic carbocycles. The maximum atomic E-state index is 12.2. The van der Waals surface area contributed by atoms with E-state index in [4.69, 9.17) is 0 Å². The third-order valence-electron chi connectivity index (χ3n) is 3.38. The SMILES string of the molecule is CC[C@H](C)n1nccc1CNCc1ccn(CCF)n1. The number of nitrogens with zero attached hydrogens (tertiary/aromatic N) is 4. The predicted molar refractivity (Wildman–Crippen MR) is 76.0 cm³/mol. The molecule has 5 nitrogen and oxygen atoms in total. The van der Waals surface area contributed by atoms with Gasteiger partial charge in [0.15, 0.2) is 0 Å². The van der Waals surface area contributed by atoms with E-state index < -0.39 is 0 Å². The molecule has 1 N–H and O–H groups in total. The molecule has 0 saturated carbocycles. The summed E-state index contributed by atoms with van der Waals surface area (Å²) in [7, 11) is 0. The first kappa shape index (κ1) is 14.7. The maximum absolute atomic E-state index is 12.2. The Morgan fingerprint density at radius 1 is 1.35 bits per heavy atom. The van der Waals surface area contributed by atoms with Crippen LogP contribution in [0.25, 0.3) is 0 Å². The van der Waals surface area contributed by atoms with Crippen LogP contribution in [-0.2, 0) is 19.6 Å². The first-order valence-electron chi connectivity index (χ1n) is 7.06. The van der Waals surface area contributed by atoms with E-state index in [2.05, 4.69) is 34.0 Å². The van der Waals surface area contributed by atoms with E-state index in [9.17, 15) is 4.39 Å². The topological polar surface area (TPSA) is 47.7 Å². The standard InChI is InChI=1S/C14H22FN5/c1-3-12(2)20-14(4-7-17-20)11-16-10-13-5-8-19(18-13)9-6-15/h4-5,7-8,12,16H,3,6,9-11H2,1-2H3/t12-/m0/s1. The van der Waals surface area contributed by atoms with Crippen LogP contribution in [0, 0.1) is 0 Å². The summed E-state index contributed by atoms with van der Waals surface area (Å²) in [6, 6.07) is 4.35. The van der Waals surface area contributed by atoms with Crippen LogP contribution in [0.2, 0.25) is 0 Å². The van der Waals surface area contributed by atoms with E-state index in [1.807, 2.05) is 18.3 Å². The van der Waals surface area contributed by atoms with Gasteiger partial charge < -0.3 is 5.32 Å². The van der Waals surface area contributed by atoms with Gasteiger partial charge in [-0.25, -0.2) is 4.39 Å². The lowest BCUT2D eigenvalue weighted by Gasteiger charge is -2.13. The quantitative estimate of drug-likeness (QED) is 0.806. The normalized spacial score (nSPS) is 12.8. The van der Waals surface area contributed by atoms with Crippen molar-refractivity contribution in [2.75, 3.05) is 6.67 Å². The Kier molecular flexibility index (Phi) is 5.29.